The molecule has 1 aromatic heterocycles. The average Bonchev–Trinajstić information content (AvgIpc) is 3.00. The van der Waals surface area contributed by atoms with Crippen LogP contribution >= 0.6 is 0 Å². The summed E-state index contributed by atoms with van der Waals surface area (Å²) in [7, 11) is 1.94. The fourth-order valence-corrected chi connectivity index (χ4v) is 3.43. The second-order valence-corrected chi connectivity index (χ2v) is 7.30. The Morgan fingerprint density at radius 2 is 2.14 bits per heavy atom. The Morgan fingerprint density at radius 3 is 2.86 bits per heavy atom. The molecule has 2 aromatic rings. The number of aromatic nitrogens is 3. The molecule has 0 radical (unpaired) electrons. The van der Waals surface area contributed by atoms with Crippen LogP contribution in [0.5, 0.6) is 0 Å². The number of halogens is 1. The molecule has 2 N–H and O–H groups in total. The number of aryl methyl sites for hydroxylation is 2. The van der Waals surface area contributed by atoms with E-state index in [-0.39, 0.29) is 11.9 Å². The van der Waals surface area contributed by atoms with E-state index in [2.05, 4.69) is 30.7 Å². The lowest BCUT2D eigenvalue weighted by atomic mass is 10.0. The summed E-state index contributed by atoms with van der Waals surface area (Å²) in [5, 5.41) is 15.0. The number of aliphatic imine (C=N–C) groups is 1. The van der Waals surface area contributed by atoms with E-state index >= 15 is 0 Å². The van der Waals surface area contributed by atoms with Crippen LogP contribution in [0.25, 0.3) is 0 Å². The Bertz CT molecular complexity index is 830. The third kappa shape index (κ3) is 4.79. The van der Waals surface area contributed by atoms with E-state index in [0.29, 0.717) is 12.2 Å². The number of hydrogen-bond acceptors (Lipinski definition) is 4. The second kappa shape index (κ2) is 9.03. The number of rotatable bonds is 5. The van der Waals surface area contributed by atoms with E-state index in [1.165, 1.54) is 0 Å². The van der Waals surface area contributed by atoms with Gasteiger partial charge in [-0.3, -0.25) is 0 Å². The van der Waals surface area contributed by atoms with E-state index in [1.807, 2.05) is 44.5 Å². The minimum Gasteiger partial charge on any atom is -0.367 e. The molecule has 7 nitrogen and oxygen atoms in total. The van der Waals surface area contributed by atoms with Crippen LogP contribution < -0.4 is 15.5 Å². The van der Waals surface area contributed by atoms with E-state index in [9.17, 15) is 4.39 Å². The first-order chi connectivity index (χ1) is 13.5. The van der Waals surface area contributed by atoms with Crippen molar-refractivity contribution in [1.82, 2.24) is 25.4 Å². The molecule has 1 unspecified atom stereocenters. The predicted octanol–water partition coefficient (Wildman–Crippen LogP) is 2.30. The zero-order valence-electron chi connectivity index (χ0n) is 17.2. The van der Waals surface area contributed by atoms with Crippen molar-refractivity contribution < 1.29 is 4.39 Å². The van der Waals surface area contributed by atoms with Crippen LogP contribution in [0.3, 0.4) is 0 Å². The summed E-state index contributed by atoms with van der Waals surface area (Å²) in [6.45, 7) is 8.79. The van der Waals surface area contributed by atoms with Crippen LogP contribution in [0.1, 0.15) is 37.0 Å². The van der Waals surface area contributed by atoms with Crippen molar-refractivity contribution in [3.63, 3.8) is 0 Å². The molecule has 1 atom stereocenters. The number of benzene rings is 1. The first kappa shape index (κ1) is 20.1. The zero-order valence-corrected chi connectivity index (χ0v) is 17.2. The molecule has 0 amide bonds. The van der Waals surface area contributed by atoms with Gasteiger partial charge >= 0.3 is 0 Å². The van der Waals surface area contributed by atoms with Crippen LogP contribution in [0.15, 0.2) is 23.2 Å². The highest BCUT2D eigenvalue weighted by Crippen LogP contribution is 2.24. The minimum absolute atomic E-state index is 0.163. The maximum atomic E-state index is 14.3. The van der Waals surface area contributed by atoms with Gasteiger partial charge in [0.05, 0.1) is 5.69 Å². The highest BCUT2D eigenvalue weighted by atomic mass is 19.1. The van der Waals surface area contributed by atoms with Gasteiger partial charge in [-0.25, -0.2) is 9.38 Å². The average molecular weight is 388 g/mol. The molecule has 28 heavy (non-hydrogen) atoms. The smallest absolute Gasteiger partial charge is 0.191 e. The lowest BCUT2D eigenvalue weighted by molar-refractivity contribution is 0.462. The van der Waals surface area contributed by atoms with E-state index < -0.39 is 0 Å². The summed E-state index contributed by atoms with van der Waals surface area (Å²) in [4.78, 5) is 6.78. The molecule has 1 aliphatic heterocycles. The lowest BCUT2D eigenvalue weighted by Gasteiger charge is -2.35. The van der Waals surface area contributed by atoms with Gasteiger partial charge in [0.2, 0.25) is 0 Å². The largest absolute Gasteiger partial charge is 0.367 e. The summed E-state index contributed by atoms with van der Waals surface area (Å²) in [5.74, 6) is 2.28. The summed E-state index contributed by atoms with van der Waals surface area (Å²) in [5.41, 5.74) is 1.75. The van der Waals surface area contributed by atoms with Crippen molar-refractivity contribution >= 4 is 11.6 Å². The number of nitrogens with zero attached hydrogens (tertiary/aromatic N) is 5. The summed E-state index contributed by atoms with van der Waals surface area (Å²) >= 11 is 0. The number of hydrogen-bond donors (Lipinski definition) is 2. The maximum Gasteiger partial charge on any atom is 0.191 e. The highest BCUT2D eigenvalue weighted by molar-refractivity contribution is 5.80. The molecule has 1 fully saturated rings. The molecule has 0 aliphatic carbocycles. The van der Waals surface area contributed by atoms with E-state index in [0.717, 1.165) is 55.6 Å². The van der Waals surface area contributed by atoms with Crippen molar-refractivity contribution in [2.24, 2.45) is 12.0 Å². The van der Waals surface area contributed by atoms with Crippen molar-refractivity contribution in [3.8, 4) is 0 Å². The van der Waals surface area contributed by atoms with Crippen molar-refractivity contribution in [3.05, 3.63) is 41.2 Å². The molecule has 1 aromatic carbocycles. The summed E-state index contributed by atoms with van der Waals surface area (Å²) in [6.07, 6.45) is 2.03. The Hall–Kier alpha value is -2.64. The molecule has 0 saturated carbocycles. The van der Waals surface area contributed by atoms with Gasteiger partial charge in [0.15, 0.2) is 11.8 Å². The van der Waals surface area contributed by atoms with Crippen molar-refractivity contribution in [2.45, 2.75) is 46.2 Å². The SMILES string of the molecule is CCNC(=NCc1nnc(C)n1C)NC1CCCN(c2cc(C)ccc2F)C1. The fourth-order valence-electron chi connectivity index (χ4n) is 3.43. The highest BCUT2D eigenvalue weighted by Gasteiger charge is 2.23. The first-order valence-corrected chi connectivity index (χ1v) is 9.88. The van der Waals surface area contributed by atoms with Crippen molar-refractivity contribution in [2.75, 3.05) is 24.5 Å². The fraction of sp³-hybridized carbons (Fsp3) is 0.550. The van der Waals surface area contributed by atoms with Gasteiger partial charge in [-0.2, -0.15) is 0 Å². The maximum absolute atomic E-state index is 14.3. The van der Waals surface area contributed by atoms with Crippen LogP contribution in [-0.4, -0.2) is 46.4 Å². The molecule has 1 aliphatic rings. The third-order valence-electron chi connectivity index (χ3n) is 5.11. The van der Waals surface area contributed by atoms with Gasteiger partial charge in [-0.15, -0.1) is 10.2 Å². The zero-order chi connectivity index (χ0) is 20.1. The molecule has 3 rings (SSSR count). The van der Waals surface area contributed by atoms with Crippen LogP contribution in [0.2, 0.25) is 0 Å². The monoisotopic (exact) mass is 387 g/mol. The third-order valence-corrected chi connectivity index (χ3v) is 5.11. The van der Waals surface area contributed by atoms with Crippen LogP contribution in [0.4, 0.5) is 10.1 Å². The van der Waals surface area contributed by atoms with Gasteiger partial charge in [0.1, 0.15) is 18.2 Å². The number of guanidine groups is 1. The van der Waals surface area contributed by atoms with Crippen molar-refractivity contribution in [1.29, 1.82) is 0 Å². The normalized spacial score (nSPS) is 17.7. The number of anilines is 1. The van der Waals surface area contributed by atoms with E-state index in [1.54, 1.807) is 6.07 Å². The Labute approximate surface area is 166 Å². The molecule has 2 heterocycles. The van der Waals surface area contributed by atoms with Gasteiger partial charge in [-0.05, 0) is 51.3 Å². The van der Waals surface area contributed by atoms with E-state index in [4.69, 9.17) is 0 Å². The predicted molar refractivity (Wildman–Crippen MR) is 110 cm³/mol. The number of piperidine rings is 1. The standard InChI is InChI=1S/C20H30FN7/c1-5-22-20(23-12-19-26-25-15(3)27(19)4)24-16-7-6-10-28(13-16)18-11-14(2)8-9-17(18)21/h8-9,11,16H,5-7,10,12-13H2,1-4H3,(H2,22,23,24). The first-order valence-electron chi connectivity index (χ1n) is 9.88. The van der Waals surface area contributed by atoms with Crippen LogP contribution in [-0.2, 0) is 13.6 Å². The summed E-state index contributed by atoms with van der Waals surface area (Å²) in [6, 6.07) is 5.49. The molecule has 0 bridgehead atoms. The quantitative estimate of drug-likeness (QED) is 0.609. The molecule has 0 spiro atoms. The molecule has 8 heteroatoms. The minimum atomic E-state index is -0.163. The second-order valence-electron chi connectivity index (χ2n) is 7.30. The van der Waals surface area contributed by atoms with Gasteiger partial charge in [-0.1, -0.05) is 6.07 Å². The summed E-state index contributed by atoms with van der Waals surface area (Å²) < 4.78 is 16.2. The Kier molecular flexibility index (Phi) is 6.49. The topological polar surface area (TPSA) is 70.4 Å². The van der Waals surface area contributed by atoms with Crippen LogP contribution in [0, 0.1) is 19.7 Å². The number of nitrogens with one attached hydrogen (secondary N) is 2. The lowest BCUT2D eigenvalue weighted by Crippen LogP contribution is -2.51. The Morgan fingerprint density at radius 1 is 1.32 bits per heavy atom. The van der Waals surface area contributed by atoms with Gasteiger partial charge in [0.25, 0.3) is 0 Å². The van der Waals surface area contributed by atoms with Gasteiger partial charge in [0, 0.05) is 32.7 Å². The molecule has 1 saturated heterocycles. The van der Waals surface area contributed by atoms with Gasteiger partial charge < -0.3 is 20.1 Å². The molecular formula is C20H30FN7. The molecule has 152 valence electrons. The molecular weight excluding hydrogens is 357 g/mol. The Balaban J connectivity index is 1.68.